The van der Waals surface area contributed by atoms with E-state index in [0.717, 1.165) is 6.54 Å². The lowest BCUT2D eigenvalue weighted by Gasteiger charge is -2.09. The molecule has 6 nitrogen and oxygen atoms in total. The molecule has 0 radical (unpaired) electrons. The Morgan fingerprint density at radius 1 is 1.26 bits per heavy atom. The van der Waals surface area contributed by atoms with E-state index in [1.165, 1.54) is 6.08 Å². The second-order valence-electron chi connectivity index (χ2n) is 3.80. The molecule has 0 bridgehead atoms. The zero-order chi connectivity index (χ0) is 14.3. The van der Waals surface area contributed by atoms with Gasteiger partial charge in [0.2, 0.25) is 0 Å². The van der Waals surface area contributed by atoms with Gasteiger partial charge < -0.3 is 19.1 Å². The number of hydrogen-bond acceptors (Lipinski definition) is 6. The molecule has 0 atom stereocenters. The molecule has 19 heavy (non-hydrogen) atoms. The molecule has 0 aliphatic carbocycles. The first-order valence-electron chi connectivity index (χ1n) is 6.20. The van der Waals surface area contributed by atoms with Gasteiger partial charge in [-0.15, -0.1) is 0 Å². The highest BCUT2D eigenvalue weighted by Gasteiger charge is 2.21. The highest BCUT2D eigenvalue weighted by Crippen LogP contribution is 2.12. The smallest absolute Gasteiger partial charge is 0.345 e. The van der Waals surface area contributed by atoms with Gasteiger partial charge in [-0.2, -0.15) is 0 Å². The van der Waals surface area contributed by atoms with Crippen LogP contribution in [0.15, 0.2) is 23.6 Å². The van der Waals surface area contributed by atoms with Crippen LogP contribution in [0.4, 0.5) is 0 Å². The summed E-state index contributed by atoms with van der Waals surface area (Å²) in [5, 5.41) is 0. The number of hydrogen-bond donors (Lipinski definition) is 0. The lowest BCUT2D eigenvalue weighted by molar-refractivity contribution is -0.146. The van der Waals surface area contributed by atoms with Crippen molar-refractivity contribution in [3.05, 3.63) is 23.6 Å². The Balaban J connectivity index is 2.89. The fraction of sp³-hybridized carbons (Fsp3) is 0.538. The van der Waals surface area contributed by atoms with E-state index >= 15 is 0 Å². The van der Waals surface area contributed by atoms with Crippen molar-refractivity contribution in [2.45, 2.75) is 13.8 Å². The first kappa shape index (κ1) is 15.1. The van der Waals surface area contributed by atoms with Gasteiger partial charge in [0.25, 0.3) is 0 Å². The molecule has 1 aliphatic rings. The normalized spacial score (nSPS) is 15.9. The van der Waals surface area contributed by atoms with Gasteiger partial charge in [0.15, 0.2) is 5.88 Å². The Kier molecular flexibility index (Phi) is 5.92. The van der Waals surface area contributed by atoms with Crippen molar-refractivity contribution in [3.8, 4) is 0 Å². The lowest BCUT2D eigenvalue weighted by atomic mass is 10.2. The third-order valence-corrected chi connectivity index (χ3v) is 2.44. The monoisotopic (exact) mass is 269 g/mol. The van der Waals surface area contributed by atoms with Gasteiger partial charge in [-0.3, -0.25) is 0 Å². The molecule has 0 amide bonds. The molecule has 0 N–H and O–H groups in total. The minimum absolute atomic E-state index is 0.139. The molecule has 0 aromatic rings. The van der Waals surface area contributed by atoms with Crippen LogP contribution in [0, 0.1) is 0 Å². The number of ether oxygens (including phenoxy) is 3. The molecule has 106 valence electrons. The van der Waals surface area contributed by atoms with Gasteiger partial charge in [0.05, 0.1) is 19.8 Å². The molecule has 1 saturated heterocycles. The fourth-order valence-corrected chi connectivity index (χ4v) is 1.47. The molecule has 1 heterocycles. The molecule has 0 spiro atoms. The Morgan fingerprint density at radius 3 is 2.26 bits per heavy atom. The van der Waals surface area contributed by atoms with Gasteiger partial charge in [-0.05, 0) is 26.0 Å². The Labute approximate surface area is 112 Å². The van der Waals surface area contributed by atoms with Crippen LogP contribution in [0.1, 0.15) is 13.8 Å². The summed E-state index contributed by atoms with van der Waals surface area (Å²) in [7, 11) is 1.86. The molecule has 6 heteroatoms. The summed E-state index contributed by atoms with van der Waals surface area (Å²) < 4.78 is 15.0. The van der Waals surface area contributed by atoms with Gasteiger partial charge in [-0.25, -0.2) is 9.59 Å². The molecule has 1 rings (SSSR count). The average molecular weight is 269 g/mol. The number of carbonyl (C=O) groups is 2. The maximum atomic E-state index is 11.7. The highest BCUT2D eigenvalue weighted by molar-refractivity contribution is 6.14. The Morgan fingerprint density at radius 2 is 1.84 bits per heavy atom. The summed E-state index contributed by atoms with van der Waals surface area (Å²) in [5.74, 6) is -0.789. The van der Waals surface area contributed by atoms with Crippen LogP contribution in [0.3, 0.4) is 0 Å². The number of esters is 2. The van der Waals surface area contributed by atoms with Crippen molar-refractivity contribution in [2.75, 3.05) is 33.4 Å². The molecule has 1 aliphatic heterocycles. The summed E-state index contributed by atoms with van der Waals surface area (Å²) in [4.78, 5) is 25.2. The second kappa shape index (κ2) is 7.45. The van der Waals surface area contributed by atoms with Crippen LogP contribution in [0.2, 0.25) is 0 Å². The molecule has 0 saturated carbocycles. The quantitative estimate of drug-likeness (QED) is 0.319. The van der Waals surface area contributed by atoms with E-state index in [1.54, 1.807) is 19.9 Å². The van der Waals surface area contributed by atoms with Gasteiger partial charge >= 0.3 is 11.9 Å². The van der Waals surface area contributed by atoms with Crippen molar-refractivity contribution in [3.63, 3.8) is 0 Å². The van der Waals surface area contributed by atoms with E-state index in [4.69, 9.17) is 14.2 Å². The summed E-state index contributed by atoms with van der Waals surface area (Å²) in [6, 6.07) is 0. The number of carbonyl (C=O) groups excluding carboxylic acids is 2. The molecule has 0 aromatic heterocycles. The first-order valence-corrected chi connectivity index (χ1v) is 6.20. The predicted molar refractivity (Wildman–Crippen MR) is 68.0 cm³/mol. The molecule has 0 unspecified atom stereocenters. The van der Waals surface area contributed by atoms with Crippen LogP contribution in [0.5, 0.6) is 0 Å². The van der Waals surface area contributed by atoms with E-state index in [0.29, 0.717) is 12.5 Å². The van der Waals surface area contributed by atoms with Gasteiger partial charge in [0.1, 0.15) is 12.2 Å². The van der Waals surface area contributed by atoms with E-state index in [1.807, 2.05) is 11.9 Å². The maximum absolute atomic E-state index is 11.7. The first-order chi connectivity index (χ1) is 9.10. The highest BCUT2D eigenvalue weighted by atomic mass is 16.6. The molecular formula is C13H19NO5. The SMILES string of the molecule is CCOC(=O)C(=C/C=C1\OCCN1C)C(=O)OCC. The van der Waals surface area contributed by atoms with Crippen LogP contribution in [-0.4, -0.2) is 50.3 Å². The predicted octanol–water partition coefficient (Wildman–Crippen LogP) is 0.842. The van der Waals surface area contributed by atoms with Crippen molar-refractivity contribution >= 4 is 11.9 Å². The van der Waals surface area contributed by atoms with Crippen LogP contribution < -0.4 is 0 Å². The van der Waals surface area contributed by atoms with Crippen molar-refractivity contribution in [1.29, 1.82) is 0 Å². The van der Waals surface area contributed by atoms with Crippen molar-refractivity contribution < 1.29 is 23.8 Å². The molecular weight excluding hydrogens is 250 g/mol. The van der Waals surface area contributed by atoms with E-state index in [2.05, 4.69) is 0 Å². The van der Waals surface area contributed by atoms with E-state index in [-0.39, 0.29) is 18.8 Å². The van der Waals surface area contributed by atoms with Crippen LogP contribution in [0.25, 0.3) is 0 Å². The number of rotatable bonds is 5. The van der Waals surface area contributed by atoms with E-state index in [9.17, 15) is 9.59 Å². The minimum atomic E-state index is -0.696. The summed E-state index contributed by atoms with van der Waals surface area (Å²) in [6.07, 6.45) is 2.93. The topological polar surface area (TPSA) is 65.1 Å². The Bertz CT molecular complexity index is 380. The van der Waals surface area contributed by atoms with Crippen LogP contribution in [-0.2, 0) is 23.8 Å². The van der Waals surface area contributed by atoms with Crippen molar-refractivity contribution in [1.82, 2.24) is 4.90 Å². The summed E-state index contributed by atoms with van der Waals surface area (Å²) in [6.45, 7) is 5.10. The van der Waals surface area contributed by atoms with Crippen molar-refractivity contribution in [2.24, 2.45) is 0 Å². The number of nitrogens with zero attached hydrogens (tertiary/aromatic N) is 1. The summed E-state index contributed by atoms with van der Waals surface area (Å²) in [5.41, 5.74) is -0.139. The molecule has 0 aromatic carbocycles. The standard InChI is InChI=1S/C13H19NO5/c1-4-17-12(15)10(13(16)18-5-2)6-7-11-14(3)8-9-19-11/h6-7H,4-5,8-9H2,1-3H3/b11-7-. The van der Waals surface area contributed by atoms with E-state index < -0.39 is 11.9 Å². The third kappa shape index (κ3) is 4.31. The Hall–Kier alpha value is -1.98. The second-order valence-corrected chi connectivity index (χ2v) is 3.80. The zero-order valence-electron chi connectivity index (χ0n) is 11.5. The van der Waals surface area contributed by atoms with Gasteiger partial charge in [0, 0.05) is 7.05 Å². The summed E-state index contributed by atoms with van der Waals surface area (Å²) >= 11 is 0. The van der Waals surface area contributed by atoms with Crippen LogP contribution >= 0.6 is 0 Å². The lowest BCUT2D eigenvalue weighted by Crippen LogP contribution is -2.18. The number of allylic oxidation sites excluding steroid dienone is 2. The largest absolute Gasteiger partial charge is 0.477 e. The third-order valence-electron chi connectivity index (χ3n) is 2.44. The molecule has 1 fully saturated rings. The average Bonchev–Trinajstić information content (AvgIpc) is 2.76. The fourth-order valence-electron chi connectivity index (χ4n) is 1.47. The maximum Gasteiger partial charge on any atom is 0.345 e. The minimum Gasteiger partial charge on any atom is -0.477 e. The number of likely N-dealkylation sites (N-methyl/N-ethyl adjacent to an activating group) is 1. The zero-order valence-corrected chi connectivity index (χ0v) is 11.5. The van der Waals surface area contributed by atoms with Gasteiger partial charge in [-0.1, -0.05) is 0 Å².